The molecule has 6 nitrogen and oxygen atoms in total. The highest BCUT2D eigenvalue weighted by atomic mass is 32.2. The summed E-state index contributed by atoms with van der Waals surface area (Å²) in [5, 5.41) is 12.4. The zero-order chi connectivity index (χ0) is 19.9. The molecular weight excluding hydrogens is 394 g/mol. The van der Waals surface area contributed by atoms with Crippen LogP contribution in [0.5, 0.6) is 0 Å². The van der Waals surface area contributed by atoms with Crippen molar-refractivity contribution in [2.75, 3.05) is 11.1 Å². The van der Waals surface area contributed by atoms with Crippen molar-refractivity contribution >= 4 is 40.2 Å². The lowest BCUT2D eigenvalue weighted by molar-refractivity contribution is -0.136. The molecule has 156 valence electrons. The van der Waals surface area contributed by atoms with E-state index in [1.165, 1.54) is 55.2 Å². The molecule has 2 N–H and O–H groups in total. The third kappa shape index (κ3) is 6.11. The standard InChI is InChI=1S/C20H31N3O3S2/c1-14-7-9-16(10-8-14)23(15-5-3-2-4-6-15)20(26)22-19-21-13-18(28-19)27-12-11-17(24)25/h13-16H,2-12H2,1H3,(H,24,25)(H,21,22,26)/t14-,16-. The number of carbonyl (C=O) groups is 2. The molecule has 8 heteroatoms. The summed E-state index contributed by atoms with van der Waals surface area (Å²) in [6.45, 7) is 2.31. The Morgan fingerprint density at radius 3 is 2.54 bits per heavy atom. The smallest absolute Gasteiger partial charge is 0.324 e. The monoisotopic (exact) mass is 425 g/mol. The summed E-state index contributed by atoms with van der Waals surface area (Å²) >= 11 is 2.90. The Morgan fingerprint density at radius 1 is 1.18 bits per heavy atom. The van der Waals surface area contributed by atoms with Crippen molar-refractivity contribution < 1.29 is 14.7 Å². The van der Waals surface area contributed by atoms with Gasteiger partial charge >= 0.3 is 12.0 Å². The number of aromatic nitrogens is 1. The van der Waals surface area contributed by atoms with E-state index in [1.807, 2.05) is 0 Å². The first kappa shape index (κ1) is 21.4. The first-order valence-corrected chi connectivity index (χ1v) is 12.2. The number of anilines is 1. The summed E-state index contributed by atoms with van der Waals surface area (Å²) in [5.41, 5.74) is 0. The minimum Gasteiger partial charge on any atom is -0.481 e. The largest absolute Gasteiger partial charge is 0.481 e. The van der Waals surface area contributed by atoms with E-state index in [9.17, 15) is 9.59 Å². The van der Waals surface area contributed by atoms with Crippen molar-refractivity contribution in [1.82, 2.24) is 9.88 Å². The summed E-state index contributed by atoms with van der Waals surface area (Å²) < 4.78 is 0.937. The SMILES string of the molecule is C[C@H]1CC[C@H](N(C(=O)Nc2ncc(SCCC(=O)O)s2)C2CCCCC2)CC1. The van der Waals surface area contributed by atoms with Gasteiger partial charge in [0.1, 0.15) is 0 Å². The maximum atomic E-state index is 13.2. The van der Waals surface area contributed by atoms with Gasteiger partial charge in [-0.1, -0.05) is 37.5 Å². The second kappa shape index (κ2) is 10.5. The second-order valence-corrected chi connectivity index (χ2v) is 10.4. The number of urea groups is 1. The summed E-state index contributed by atoms with van der Waals surface area (Å²) in [6.07, 6.45) is 12.3. The van der Waals surface area contributed by atoms with Crippen LogP contribution in [0.25, 0.3) is 0 Å². The fourth-order valence-corrected chi connectivity index (χ4v) is 6.16. The van der Waals surface area contributed by atoms with Crippen LogP contribution in [0, 0.1) is 5.92 Å². The van der Waals surface area contributed by atoms with Crippen molar-refractivity contribution in [1.29, 1.82) is 0 Å². The quantitative estimate of drug-likeness (QED) is 0.567. The summed E-state index contributed by atoms with van der Waals surface area (Å²) in [5.74, 6) is 0.478. The number of carbonyl (C=O) groups excluding carboxylic acids is 1. The van der Waals surface area contributed by atoms with Gasteiger partial charge in [-0.3, -0.25) is 10.1 Å². The Kier molecular flexibility index (Phi) is 8.02. The van der Waals surface area contributed by atoms with Crippen LogP contribution in [0.4, 0.5) is 9.93 Å². The van der Waals surface area contributed by atoms with Crippen LogP contribution in [0.15, 0.2) is 10.4 Å². The number of nitrogens with one attached hydrogen (secondary N) is 1. The van der Waals surface area contributed by atoms with Gasteiger partial charge in [-0.15, -0.1) is 11.8 Å². The van der Waals surface area contributed by atoms with Crippen LogP contribution in [-0.4, -0.2) is 44.8 Å². The Bertz CT molecular complexity index is 653. The van der Waals surface area contributed by atoms with Crippen LogP contribution < -0.4 is 5.32 Å². The average Bonchev–Trinajstić information content (AvgIpc) is 3.11. The minimum atomic E-state index is -0.796. The summed E-state index contributed by atoms with van der Waals surface area (Å²) in [7, 11) is 0. The number of hydrogen-bond acceptors (Lipinski definition) is 5. The highest BCUT2D eigenvalue weighted by Gasteiger charge is 2.33. The molecule has 28 heavy (non-hydrogen) atoms. The number of thioether (sulfide) groups is 1. The number of amides is 2. The van der Waals surface area contributed by atoms with Crippen molar-refractivity contribution in [3.8, 4) is 0 Å². The lowest BCUT2D eigenvalue weighted by Crippen LogP contribution is -2.51. The molecule has 1 heterocycles. The van der Waals surface area contributed by atoms with Gasteiger partial charge in [0.2, 0.25) is 0 Å². The van der Waals surface area contributed by atoms with Crippen LogP contribution in [0.3, 0.4) is 0 Å². The van der Waals surface area contributed by atoms with E-state index in [0.717, 1.165) is 35.8 Å². The first-order valence-electron chi connectivity index (χ1n) is 10.4. The number of thiazole rings is 1. The Hall–Kier alpha value is -1.28. The number of nitrogens with zero attached hydrogens (tertiary/aromatic N) is 2. The molecule has 2 aliphatic rings. The molecule has 1 aromatic heterocycles. The summed E-state index contributed by atoms with van der Waals surface area (Å²) in [4.78, 5) is 30.3. The molecule has 0 spiro atoms. The Balaban J connectivity index is 1.62. The molecule has 0 aliphatic heterocycles. The topological polar surface area (TPSA) is 82.5 Å². The first-order chi connectivity index (χ1) is 13.5. The van der Waals surface area contributed by atoms with E-state index in [2.05, 4.69) is 22.1 Å². The number of rotatable bonds is 7. The zero-order valence-electron chi connectivity index (χ0n) is 16.6. The van der Waals surface area contributed by atoms with E-state index >= 15 is 0 Å². The van der Waals surface area contributed by atoms with Crippen molar-refractivity contribution in [3.05, 3.63) is 6.20 Å². The normalized spacial score (nSPS) is 23.3. The maximum absolute atomic E-state index is 13.2. The van der Waals surface area contributed by atoms with Gasteiger partial charge in [-0.25, -0.2) is 9.78 Å². The third-order valence-electron chi connectivity index (χ3n) is 5.84. The molecule has 0 radical (unpaired) electrons. The second-order valence-electron chi connectivity index (χ2n) is 8.02. The van der Waals surface area contributed by atoms with E-state index < -0.39 is 5.97 Å². The van der Waals surface area contributed by atoms with Gasteiger partial charge in [0.05, 0.1) is 16.8 Å². The maximum Gasteiger partial charge on any atom is 0.324 e. The molecule has 2 amide bonds. The Labute approximate surface area is 175 Å². The molecule has 0 unspecified atom stereocenters. The average molecular weight is 426 g/mol. The van der Waals surface area contributed by atoms with E-state index in [4.69, 9.17) is 5.11 Å². The van der Waals surface area contributed by atoms with Crippen molar-refractivity contribution in [2.45, 2.75) is 87.4 Å². The van der Waals surface area contributed by atoms with Crippen LogP contribution in [0.1, 0.15) is 71.1 Å². The van der Waals surface area contributed by atoms with Gasteiger partial charge in [0.25, 0.3) is 0 Å². The van der Waals surface area contributed by atoms with Gasteiger partial charge in [-0.2, -0.15) is 0 Å². The lowest BCUT2D eigenvalue weighted by atomic mass is 9.84. The molecule has 2 fully saturated rings. The molecule has 1 aromatic rings. The van der Waals surface area contributed by atoms with Gasteiger partial charge in [-0.05, 0) is 44.4 Å². The Morgan fingerprint density at radius 2 is 1.86 bits per heavy atom. The molecule has 0 atom stereocenters. The zero-order valence-corrected chi connectivity index (χ0v) is 18.2. The van der Waals surface area contributed by atoms with Gasteiger partial charge < -0.3 is 10.0 Å². The molecule has 0 bridgehead atoms. The van der Waals surface area contributed by atoms with Gasteiger partial charge in [0, 0.05) is 17.8 Å². The molecule has 2 saturated carbocycles. The van der Waals surface area contributed by atoms with Gasteiger partial charge in [0.15, 0.2) is 5.13 Å². The lowest BCUT2D eigenvalue weighted by Gasteiger charge is -2.42. The fraction of sp³-hybridized carbons (Fsp3) is 0.750. The summed E-state index contributed by atoms with van der Waals surface area (Å²) in [6, 6.07) is 0.670. The van der Waals surface area contributed by atoms with E-state index in [-0.39, 0.29) is 12.5 Å². The molecule has 0 saturated heterocycles. The van der Waals surface area contributed by atoms with E-state index in [1.54, 1.807) is 6.20 Å². The number of carboxylic acids is 1. The molecule has 0 aromatic carbocycles. The van der Waals surface area contributed by atoms with E-state index in [0.29, 0.717) is 23.0 Å². The van der Waals surface area contributed by atoms with Crippen LogP contribution in [0.2, 0.25) is 0 Å². The van der Waals surface area contributed by atoms with Crippen molar-refractivity contribution in [3.63, 3.8) is 0 Å². The number of hydrogen-bond donors (Lipinski definition) is 2. The molecule has 2 aliphatic carbocycles. The third-order valence-corrected chi connectivity index (χ3v) is 7.95. The molecule has 3 rings (SSSR count). The number of aliphatic carboxylic acids is 1. The van der Waals surface area contributed by atoms with Crippen LogP contribution >= 0.6 is 23.1 Å². The van der Waals surface area contributed by atoms with Crippen molar-refractivity contribution in [2.24, 2.45) is 5.92 Å². The highest BCUT2D eigenvalue weighted by Crippen LogP contribution is 2.34. The minimum absolute atomic E-state index is 0.0112. The number of carboxylic acid groups (broad SMARTS) is 1. The highest BCUT2D eigenvalue weighted by molar-refractivity contribution is 8.01. The predicted molar refractivity (Wildman–Crippen MR) is 114 cm³/mol. The predicted octanol–water partition coefficient (Wildman–Crippen LogP) is 5.46. The molecular formula is C20H31N3O3S2. The fourth-order valence-electron chi connectivity index (χ4n) is 4.29. The van der Waals surface area contributed by atoms with Crippen LogP contribution in [-0.2, 0) is 4.79 Å².